The molecular formula is C16H18FN3O3. The third-order valence-corrected chi connectivity index (χ3v) is 3.72. The first kappa shape index (κ1) is 15.5. The van der Waals surface area contributed by atoms with E-state index in [1.54, 1.807) is 4.90 Å². The molecule has 3 rings (SSSR count). The van der Waals surface area contributed by atoms with Gasteiger partial charge in [0, 0.05) is 25.2 Å². The second-order valence-corrected chi connectivity index (χ2v) is 5.39. The highest BCUT2D eigenvalue weighted by molar-refractivity contribution is 5.77. The van der Waals surface area contributed by atoms with Crippen LogP contribution in [0, 0.1) is 5.82 Å². The third-order valence-electron chi connectivity index (χ3n) is 3.72. The van der Waals surface area contributed by atoms with Gasteiger partial charge in [-0.2, -0.15) is 0 Å². The molecule has 7 heteroatoms. The van der Waals surface area contributed by atoms with E-state index in [2.05, 4.69) is 4.98 Å². The smallest absolute Gasteiger partial charge is 0.250 e. The maximum absolute atomic E-state index is 13.8. The van der Waals surface area contributed by atoms with Gasteiger partial charge < -0.3 is 18.9 Å². The van der Waals surface area contributed by atoms with Crippen LogP contribution in [0.15, 0.2) is 36.7 Å². The summed E-state index contributed by atoms with van der Waals surface area (Å²) in [6.07, 6.45) is 3.00. The lowest BCUT2D eigenvalue weighted by Gasteiger charge is -2.24. The number of ether oxygens (including phenoxy) is 2. The summed E-state index contributed by atoms with van der Waals surface area (Å²) in [6, 6.07) is 6.68. The lowest BCUT2D eigenvalue weighted by molar-refractivity contribution is -0.136. The predicted molar refractivity (Wildman–Crippen MR) is 80.3 cm³/mol. The summed E-state index contributed by atoms with van der Waals surface area (Å²) in [5.41, 5.74) is 1.00. The summed E-state index contributed by atoms with van der Waals surface area (Å²) in [5, 5.41) is 0. The van der Waals surface area contributed by atoms with Crippen molar-refractivity contribution in [3.63, 3.8) is 0 Å². The molecule has 0 aliphatic carbocycles. The molecule has 2 aromatic rings. The van der Waals surface area contributed by atoms with E-state index in [0.717, 1.165) is 5.69 Å². The predicted octanol–water partition coefficient (Wildman–Crippen LogP) is 1.46. The molecule has 3 heterocycles. The Labute approximate surface area is 133 Å². The monoisotopic (exact) mass is 319 g/mol. The van der Waals surface area contributed by atoms with Crippen LogP contribution >= 0.6 is 0 Å². The Bertz CT molecular complexity index is 689. The minimum atomic E-state index is -0.515. The molecule has 0 bridgehead atoms. The van der Waals surface area contributed by atoms with E-state index in [9.17, 15) is 9.18 Å². The largest absolute Gasteiger partial charge is 0.468 e. The first-order valence-electron chi connectivity index (χ1n) is 7.35. The standard InChI is InChI=1S/C16H18FN3O3/c1-22-11-15(21)20-8-12-4-3-7-19(12)9-13(10-20)23-16-14(17)5-2-6-18-16/h2-7,13H,8-11H2,1H3. The van der Waals surface area contributed by atoms with Crippen LogP contribution in [0.3, 0.4) is 0 Å². The molecule has 122 valence electrons. The van der Waals surface area contributed by atoms with Crippen LogP contribution in [0.5, 0.6) is 5.88 Å². The van der Waals surface area contributed by atoms with Crippen molar-refractivity contribution in [2.75, 3.05) is 20.3 Å². The van der Waals surface area contributed by atoms with Crippen molar-refractivity contribution in [1.82, 2.24) is 14.5 Å². The Morgan fingerprint density at radius 3 is 3.04 bits per heavy atom. The quantitative estimate of drug-likeness (QED) is 0.856. The molecule has 1 amide bonds. The number of hydrogen-bond acceptors (Lipinski definition) is 4. The Kier molecular flexibility index (Phi) is 4.57. The van der Waals surface area contributed by atoms with Gasteiger partial charge in [0.1, 0.15) is 12.7 Å². The molecule has 2 aromatic heterocycles. The topological polar surface area (TPSA) is 56.6 Å². The molecule has 0 saturated heterocycles. The van der Waals surface area contributed by atoms with Gasteiger partial charge >= 0.3 is 0 Å². The Morgan fingerprint density at radius 1 is 1.39 bits per heavy atom. The highest BCUT2D eigenvalue weighted by Gasteiger charge is 2.26. The highest BCUT2D eigenvalue weighted by atomic mass is 19.1. The number of aromatic nitrogens is 2. The van der Waals surface area contributed by atoms with Crippen LogP contribution in [0.25, 0.3) is 0 Å². The average Bonchev–Trinajstić information content (AvgIpc) is 2.88. The second kappa shape index (κ2) is 6.78. The summed E-state index contributed by atoms with van der Waals surface area (Å²) in [7, 11) is 1.48. The molecule has 0 N–H and O–H groups in total. The van der Waals surface area contributed by atoms with Crippen molar-refractivity contribution in [2.45, 2.75) is 19.2 Å². The number of rotatable bonds is 4. The fraction of sp³-hybridized carbons (Fsp3) is 0.375. The summed E-state index contributed by atoms with van der Waals surface area (Å²) < 4.78 is 26.4. The zero-order chi connectivity index (χ0) is 16.2. The molecule has 6 nitrogen and oxygen atoms in total. The highest BCUT2D eigenvalue weighted by Crippen LogP contribution is 2.19. The summed E-state index contributed by atoms with van der Waals surface area (Å²) in [4.78, 5) is 17.8. The van der Waals surface area contributed by atoms with Crippen molar-refractivity contribution >= 4 is 5.91 Å². The molecule has 0 spiro atoms. The second-order valence-electron chi connectivity index (χ2n) is 5.39. The van der Waals surface area contributed by atoms with Crippen LogP contribution in [0.2, 0.25) is 0 Å². The zero-order valence-corrected chi connectivity index (χ0v) is 12.8. The van der Waals surface area contributed by atoms with Gasteiger partial charge in [0.05, 0.1) is 19.6 Å². The minimum absolute atomic E-state index is 0.00533. The van der Waals surface area contributed by atoms with Crippen LogP contribution in [-0.2, 0) is 22.6 Å². The van der Waals surface area contributed by atoms with E-state index >= 15 is 0 Å². The van der Waals surface area contributed by atoms with E-state index in [4.69, 9.17) is 9.47 Å². The van der Waals surface area contributed by atoms with Gasteiger partial charge in [-0.15, -0.1) is 0 Å². The number of carbonyl (C=O) groups is 1. The van der Waals surface area contributed by atoms with Gasteiger partial charge in [-0.1, -0.05) is 0 Å². The van der Waals surface area contributed by atoms with Gasteiger partial charge in [0.15, 0.2) is 5.82 Å². The Morgan fingerprint density at radius 2 is 2.26 bits per heavy atom. The lowest BCUT2D eigenvalue weighted by atomic mass is 10.3. The van der Waals surface area contributed by atoms with Gasteiger partial charge in [-0.25, -0.2) is 9.37 Å². The van der Waals surface area contributed by atoms with E-state index < -0.39 is 11.9 Å². The van der Waals surface area contributed by atoms with Crippen molar-refractivity contribution in [3.05, 3.63) is 48.2 Å². The Balaban J connectivity index is 1.82. The van der Waals surface area contributed by atoms with Crippen LogP contribution in [0.1, 0.15) is 5.69 Å². The molecule has 1 unspecified atom stereocenters. The number of methoxy groups -OCH3 is 1. The fourth-order valence-corrected chi connectivity index (χ4v) is 2.65. The number of carbonyl (C=O) groups excluding carboxylic acids is 1. The molecule has 0 aromatic carbocycles. The number of hydrogen-bond donors (Lipinski definition) is 0. The minimum Gasteiger partial charge on any atom is -0.468 e. The summed E-state index contributed by atoms with van der Waals surface area (Å²) in [6.45, 7) is 1.35. The number of fused-ring (bicyclic) bond motifs is 1. The van der Waals surface area contributed by atoms with Crippen molar-refractivity contribution in [2.24, 2.45) is 0 Å². The van der Waals surface area contributed by atoms with Gasteiger partial charge in [-0.05, 0) is 24.3 Å². The van der Waals surface area contributed by atoms with Gasteiger partial charge in [-0.3, -0.25) is 4.79 Å². The van der Waals surface area contributed by atoms with Gasteiger partial charge in [0.2, 0.25) is 5.91 Å². The molecular weight excluding hydrogens is 301 g/mol. The number of halogens is 1. The Hall–Kier alpha value is -2.41. The van der Waals surface area contributed by atoms with Crippen molar-refractivity contribution in [1.29, 1.82) is 0 Å². The zero-order valence-electron chi connectivity index (χ0n) is 12.8. The SMILES string of the molecule is COCC(=O)N1Cc2cccn2CC(Oc2ncccc2F)C1. The molecule has 0 fully saturated rings. The maximum Gasteiger partial charge on any atom is 0.250 e. The third kappa shape index (κ3) is 3.50. The van der Waals surface area contributed by atoms with Gasteiger partial charge in [0.25, 0.3) is 5.88 Å². The summed E-state index contributed by atoms with van der Waals surface area (Å²) in [5.74, 6) is -0.691. The van der Waals surface area contributed by atoms with Crippen LogP contribution in [0.4, 0.5) is 4.39 Å². The lowest BCUT2D eigenvalue weighted by Crippen LogP contribution is -2.40. The molecule has 0 radical (unpaired) electrons. The number of pyridine rings is 1. The number of nitrogens with zero attached hydrogens (tertiary/aromatic N) is 3. The first-order chi connectivity index (χ1) is 11.2. The molecule has 1 aliphatic rings. The van der Waals surface area contributed by atoms with E-state index in [1.165, 1.54) is 25.4 Å². The fourth-order valence-electron chi connectivity index (χ4n) is 2.65. The van der Waals surface area contributed by atoms with Crippen molar-refractivity contribution < 1.29 is 18.7 Å². The molecule has 0 saturated carbocycles. The van der Waals surface area contributed by atoms with E-state index in [-0.39, 0.29) is 18.4 Å². The van der Waals surface area contributed by atoms with Crippen LogP contribution in [-0.4, -0.2) is 46.7 Å². The van der Waals surface area contributed by atoms with E-state index in [1.807, 2.05) is 22.9 Å². The molecule has 1 atom stereocenters. The molecule has 1 aliphatic heterocycles. The number of amides is 1. The maximum atomic E-state index is 13.8. The van der Waals surface area contributed by atoms with Crippen molar-refractivity contribution in [3.8, 4) is 5.88 Å². The average molecular weight is 319 g/mol. The summed E-state index contributed by atoms with van der Waals surface area (Å²) >= 11 is 0. The normalized spacial score (nSPS) is 17.5. The first-order valence-corrected chi connectivity index (χ1v) is 7.35. The van der Waals surface area contributed by atoms with E-state index in [0.29, 0.717) is 19.6 Å². The molecule has 23 heavy (non-hydrogen) atoms. The van der Waals surface area contributed by atoms with Crippen LogP contribution < -0.4 is 4.74 Å².